The van der Waals surface area contributed by atoms with Crippen molar-refractivity contribution in [1.29, 1.82) is 0 Å². The molecule has 0 fully saturated rings. The van der Waals surface area contributed by atoms with Gasteiger partial charge < -0.3 is 34.6 Å². The molecule has 0 bridgehead atoms. The molecule has 0 saturated carbocycles. The minimum atomic E-state index is -0.328. The van der Waals surface area contributed by atoms with Gasteiger partial charge in [-0.2, -0.15) is 0 Å². The molecule has 0 aliphatic heterocycles. The predicted octanol–water partition coefficient (Wildman–Crippen LogP) is 4.86. The molecule has 3 heterocycles. The molecule has 12 heteroatoms. The lowest BCUT2D eigenvalue weighted by atomic mass is 10.1. The second-order valence-corrected chi connectivity index (χ2v) is 9.94. The molecule has 0 radical (unpaired) electrons. The van der Waals surface area contributed by atoms with Crippen LogP contribution in [-0.2, 0) is 4.79 Å². The zero-order chi connectivity index (χ0) is 29.8. The zero-order valence-corrected chi connectivity index (χ0v) is 24.2. The molecule has 0 spiro atoms. The molecule has 3 aromatic heterocycles. The van der Waals surface area contributed by atoms with Crippen molar-refractivity contribution in [1.82, 2.24) is 30.0 Å². The first-order chi connectivity index (χ1) is 20.3. The van der Waals surface area contributed by atoms with Gasteiger partial charge in [0.15, 0.2) is 0 Å². The Labute approximate surface area is 243 Å². The van der Waals surface area contributed by atoms with Gasteiger partial charge >= 0.3 is 0 Å². The lowest BCUT2D eigenvalue weighted by Crippen LogP contribution is -2.29. The number of aromatic amines is 1. The van der Waals surface area contributed by atoms with Gasteiger partial charge in [-0.25, -0.2) is 9.97 Å². The third-order valence-electron chi connectivity index (χ3n) is 6.69. The average molecular weight is 568 g/mol. The number of anilines is 4. The van der Waals surface area contributed by atoms with Gasteiger partial charge in [-0.15, -0.1) is 10.2 Å². The fourth-order valence-corrected chi connectivity index (χ4v) is 4.50. The highest BCUT2D eigenvalue weighted by atomic mass is 16.5. The Hall–Kier alpha value is -5.23. The highest BCUT2D eigenvalue weighted by molar-refractivity contribution is 6.02. The molecule has 5 aromatic rings. The van der Waals surface area contributed by atoms with E-state index in [1.165, 1.54) is 6.08 Å². The van der Waals surface area contributed by atoms with E-state index in [1.54, 1.807) is 26.3 Å². The number of likely N-dealkylation sites (N-methyl/N-ethyl adjacent to an activating group) is 2. The zero-order valence-electron chi connectivity index (χ0n) is 24.2. The van der Waals surface area contributed by atoms with Gasteiger partial charge in [-0.05, 0) is 32.3 Å². The molecule has 0 unspecified atom stereocenters. The summed E-state index contributed by atoms with van der Waals surface area (Å²) in [5.74, 6) is 1.28. The van der Waals surface area contributed by atoms with Gasteiger partial charge in [0.2, 0.25) is 17.7 Å². The summed E-state index contributed by atoms with van der Waals surface area (Å²) in [6, 6.07) is 11.6. The highest BCUT2D eigenvalue weighted by Gasteiger charge is 2.21. The van der Waals surface area contributed by atoms with Gasteiger partial charge in [0.1, 0.15) is 5.75 Å². The monoisotopic (exact) mass is 567 g/mol. The van der Waals surface area contributed by atoms with E-state index >= 15 is 0 Å². The number of rotatable bonds is 11. The van der Waals surface area contributed by atoms with Gasteiger partial charge in [0.05, 0.1) is 35.4 Å². The van der Waals surface area contributed by atoms with Crippen molar-refractivity contribution in [2.45, 2.75) is 6.92 Å². The maximum Gasteiger partial charge on any atom is 0.251 e. The van der Waals surface area contributed by atoms with Crippen LogP contribution >= 0.6 is 0 Å². The number of carbonyl (C=O) groups is 1. The van der Waals surface area contributed by atoms with E-state index in [4.69, 9.17) is 14.1 Å². The van der Waals surface area contributed by atoms with Crippen molar-refractivity contribution < 1.29 is 13.9 Å². The van der Waals surface area contributed by atoms with Crippen LogP contribution in [0.25, 0.3) is 33.6 Å². The number of fused-ring (bicyclic) bond motifs is 1. The van der Waals surface area contributed by atoms with E-state index in [-0.39, 0.29) is 5.91 Å². The van der Waals surface area contributed by atoms with Gasteiger partial charge in [0, 0.05) is 62.0 Å². The Kier molecular flexibility index (Phi) is 8.16. The molecule has 0 aliphatic carbocycles. The maximum atomic E-state index is 12.3. The van der Waals surface area contributed by atoms with Crippen molar-refractivity contribution in [3.8, 4) is 28.5 Å². The van der Waals surface area contributed by atoms with Crippen LogP contribution < -0.4 is 20.3 Å². The lowest BCUT2D eigenvalue weighted by Gasteiger charge is -2.26. The van der Waals surface area contributed by atoms with Crippen LogP contribution in [-0.4, -0.2) is 77.3 Å². The average Bonchev–Trinajstić information content (AvgIpc) is 3.62. The lowest BCUT2D eigenvalue weighted by molar-refractivity contribution is -0.111. The fourth-order valence-electron chi connectivity index (χ4n) is 4.50. The van der Waals surface area contributed by atoms with Crippen molar-refractivity contribution in [3.63, 3.8) is 0 Å². The predicted molar refractivity (Wildman–Crippen MR) is 164 cm³/mol. The second-order valence-electron chi connectivity index (χ2n) is 9.94. The molecule has 42 heavy (non-hydrogen) atoms. The summed E-state index contributed by atoms with van der Waals surface area (Å²) >= 11 is 0. The Bertz CT molecular complexity index is 1740. The smallest absolute Gasteiger partial charge is 0.251 e. The SMILES string of the molecule is C=CC(=O)Nc1cc(Nc2ncc(-c3nnc(C)o3)c(-c3c[nH]c4ccccc34)n2)c(OC)cc1N(C)CCN(C)C. The van der Waals surface area contributed by atoms with Crippen molar-refractivity contribution in [2.24, 2.45) is 0 Å². The topological polar surface area (TPSA) is 137 Å². The molecular weight excluding hydrogens is 534 g/mol. The van der Waals surface area contributed by atoms with E-state index in [2.05, 4.69) is 47.2 Å². The van der Waals surface area contributed by atoms with Gasteiger partial charge in [-0.3, -0.25) is 4.79 Å². The summed E-state index contributed by atoms with van der Waals surface area (Å²) in [7, 11) is 7.57. The normalized spacial score (nSPS) is 11.1. The number of aryl methyl sites for hydroxylation is 1. The second kappa shape index (κ2) is 12.1. The standard InChI is InChI=1S/C30H33N9O3/c1-7-27(40)33-23-14-24(26(41-6)15-25(23)39(5)13-12-38(3)4)34-30-32-17-21(29-37-36-18(2)42-29)28(35-30)20-16-31-22-11-9-8-10-19(20)22/h7-11,14-17,31H,1,12-13H2,2-6H3,(H,33,40)(H,32,34,35). The van der Waals surface area contributed by atoms with Gasteiger partial charge in [0.25, 0.3) is 5.89 Å². The van der Waals surface area contributed by atoms with Crippen LogP contribution in [0.4, 0.5) is 23.0 Å². The molecular formula is C30H33N9O3. The molecule has 216 valence electrons. The maximum absolute atomic E-state index is 12.3. The number of aromatic nitrogens is 5. The van der Waals surface area contributed by atoms with E-state index in [9.17, 15) is 4.79 Å². The largest absolute Gasteiger partial charge is 0.494 e. The fraction of sp³-hybridized carbons (Fsp3) is 0.233. The minimum absolute atomic E-state index is 0.309. The summed E-state index contributed by atoms with van der Waals surface area (Å²) in [5.41, 5.74) is 4.95. The molecule has 3 N–H and O–H groups in total. The van der Waals surface area contributed by atoms with E-state index in [0.717, 1.165) is 35.2 Å². The van der Waals surface area contributed by atoms with Crippen LogP contribution in [0, 0.1) is 6.92 Å². The Balaban J connectivity index is 1.59. The summed E-state index contributed by atoms with van der Waals surface area (Å²) < 4.78 is 11.5. The summed E-state index contributed by atoms with van der Waals surface area (Å²) in [6.45, 7) is 6.88. The molecule has 2 aromatic carbocycles. The van der Waals surface area contributed by atoms with Crippen molar-refractivity contribution in [2.75, 3.05) is 56.9 Å². The molecule has 0 atom stereocenters. The summed E-state index contributed by atoms with van der Waals surface area (Å²) in [6.07, 6.45) is 4.77. The van der Waals surface area contributed by atoms with E-state index in [0.29, 0.717) is 46.1 Å². The van der Waals surface area contributed by atoms with Gasteiger partial charge in [-0.1, -0.05) is 24.8 Å². The first-order valence-corrected chi connectivity index (χ1v) is 13.3. The number of nitrogens with zero attached hydrogens (tertiary/aromatic N) is 6. The highest BCUT2D eigenvalue weighted by Crippen LogP contribution is 2.39. The molecule has 5 rings (SSSR count). The Morgan fingerprint density at radius 3 is 2.64 bits per heavy atom. The number of para-hydroxylation sites is 1. The quantitative estimate of drug-likeness (QED) is 0.190. The first-order valence-electron chi connectivity index (χ1n) is 13.3. The first kappa shape index (κ1) is 28.3. The van der Waals surface area contributed by atoms with Crippen molar-refractivity contribution >= 4 is 39.8 Å². The van der Waals surface area contributed by atoms with Crippen molar-refractivity contribution in [3.05, 3.63) is 67.3 Å². The minimum Gasteiger partial charge on any atom is -0.494 e. The number of carbonyl (C=O) groups excluding carboxylic acids is 1. The number of nitrogens with one attached hydrogen (secondary N) is 3. The molecule has 0 aliphatic rings. The number of hydrogen-bond donors (Lipinski definition) is 3. The third kappa shape index (κ3) is 5.93. The molecule has 12 nitrogen and oxygen atoms in total. The summed E-state index contributed by atoms with van der Waals surface area (Å²) in [5, 5.41) is 15.4. The summed E-state index contributed by atoms with van der Waals surface area (Å²) in [4.78, 5) is 29.2. The third-order valence-corrected chi connectivity index (χ3v) is 6.69. The number of hydrogen-bond acceptors (Lipinski definition) is 10. The number of ether oxygens (including phenoxy) is 1. The van der Waals surface area contributed by atoms with Crippen LogP contribution in [0.15, 0.2) is 65.9 Å². The van der Waals surface area contributed by atoms with Crippen LogP contribution in [0.5, 0.6) is 5.75 Å². The van der Waals surface area contributed by atoms with Crippen LogP contribution in [0.1, 0.15) is 5.89 Å². The molecule has 1 amide bonds. The van der Waals surface area contributed by atoms with Crippen LogP contribution in [0.2, 0.25) is 0 Å². The number of H-pyrrole nitrogens is 1. The van der Waals surface area contributed by atoms with Crippen LogP contribution in [0.3, 0.4) is 0 Å². The Morgan fingerprint density at radius 2 is 1.93 bits per heavy atom. The number of methoxy groups -OCH3 is 1. The van der Waals surface area contributed by atoms with E-state index in [1.807, 2.05) is 57.7 Å². The molecule has 0 saturated heterocycles. The Morgan fingerprint density at radius 1 is 1.12 bits per heavy atom. The number of amides is 1. The number of benzene rings is 2. The van der Waals surface area contributed by atoms with E-state index < -0.39 is 0 Å².